The molecule has 0 fully saturated rings. The van der Waals surface area contributed by atoms with E-state index in [2.05, 4.69) is 25.3 Å². The van der Waals surface area contributed by atoms with Gasteiger partial charge in [-0.1, -0.05) is 5.16 Å². The first kappa shape index (κ1) is 23.9. The lowest BCUT2D eigenvalue weighted by Crippen LogP contribution is -2.36. The van der Waals surface area contributed by atoms with Gasteiger partial charge < -0.3 is 25.2 Å². The fraction of sp³-hybridized carbons (Fsp3) is 0.304. The minimum absolute atomic E-state index is 0.156. The molecule has 3 rings (SSSR count). The molecule has 2 heterocycles. The van der Waals surface area contributed by atoms with Crippen LogP contribution in [0.5, 0.6) is 0 Å². The number of nitrogens with zero attached hydrogens (tertiary/aromatic N) is 3. The van der Waals surface area contributed by atoms with Gasteiger partial charge in [0.15, 0.2) is 5.82 Å². The molecule has 33 heavy (non-hydrogen) atoms. The van der Waals surface area contributed by atoms with Gasteiger partial charge in [0.25, 0.3) is 11.8 Å². The van der Waals surface area contributed by atoms with Crippen LogP contribution >= 0.6 is 0 Å². The molecule has 0 unspecified atom stereocenters. The van der Waals surface area contributed by atoms with Crippen molar-refractivity contribution in [3.05, 3.63) is 59.2 Å². The summed E-state index contributed by atoms with van der Waals surface area (Å²) in [7, 11) is 3.23. The summed E-state index contributed by atoms with van der Waals surface area (Å²) in [4.78, 5) is 31.3. The first-order valence-corrected chi connectivity index (χ1v) is 10.2. The van der Waals surface area contributed by atoms with Gasteiger partial charge in [-0.15, -0.1) is 0 Å². The second-order valence-corrected chi connectivity index (χ2v) is 8.47. The second-order valence-electron chi connectivity index (χ2n) is 8.47. The van der Waals surface area contributed by atoms with Gasteiger partial charge in [0.1, 0.15) is 17.9 Å². The Morgan fingerprint density at radius 1 is 1.21 bits per heavy atom. The van der Waals surface area contributed by atoms with Crippen molar-refractivity contribution < 1.29 is 23.6 Å². The summed E-state index contributed by atoms with van der Waals surface area (Å²) in [6.07, 6.45) is 2.82. The Bertz CT molecular complexity index is 1180. The molecule has 0 saturated carbocycles. The molecular weight excluding hydrogens is 429 g/mol. The number of carbonyl (C=O) groups excluding carboxylic acids is 2. The van der Waals surface area contributed by atoms with Gasteiger partial charge in [-0.05, 0) is 50.1 Å². The van der Waals surface area contributed by atoms with Crippen molar-refractivity contribution in [2.45, 2.75) is 26.3 Å². The van der Waals surface area contributed by atoms with Gasteiger partial charge >= 0.3 is 0 Å². The summed E-state index contributed by atoms with van der Waals surface area (Å²) >= 11 is 0. The predicted octanol–water partition coefficient (Wildman–Crippen LogP) is 3.32. The lowest BCUT2D eigenvalue weighted by atomic mass is 9.96. The highest BCUT2D eigenvalue weighted by molar-refractivity contribution is 6.05. The average Bonchev–Trinajstić information content (AvgIpc) is 3.26. The molecule has 2 aromatic heterocycles. The summed E-state index contributed by atoms with van der Waals surface area (Å²) in [6.45, 7) is 5.08. The number of halogens is 1. The molecular formula is C23H26FN5O4. The number of benzene rings is 1. The van der Waals surface area contributed by atoms with Gasteiger partial charge in [0.2, 0.25) is 0 Å². The van der Waals surface area contributed by atoms with Crippen molar-refractivity contribution in [1.29, 1.82) is 0 Å². The third kappa shape index (κ3) is 5.35. The number of pyridine rings is 1. The Kier molecular flexibility index (Phi) is 6.78. The van der Waals surface area contributed by atoms with Crippen molar-refractivity contribution >= 4 is 23.5 Å². The zero-order valence-corrected chi connectivity index (χ0v) is 19.1. The first-order chi connectivity index (χ1) is 15.5. The van der Waals surface area contributed by atoms with E-state index in [1.54, 1.807) is 40.9 Å². The van der Waals surface area contributed by atoms with E-state index in [1.165, 1.54) is 35.6 Å². The normalized spacial score (nSPS) is 11.2. The molecule has 0 aliphatic heterocycles. The molecule has 0 spiro atoms. The summed E-state index contributed by atoms with van der Waals surface area (Å²) in [5, 5.41) is 18.7. The highest BCUT2D eigenvalue weighted by Crippen LogP contribution is 2.30. The number of nitrogens with one attached hydrogen (secondary N) is 2. The third-order valence-corrected chi connectivity index (χ3v) is 4.93. The van der Waals surface area contributed by atoms with E-state index in [0.717, 1.165) is 0 Å². The van der Waals surface area contributed by atoms with Gasteiger partial charge in [-0.25, -0.2) is 9.37 Å². The van der Waals surface area contributed by atoms with E-state index in [0.29, 0.717) is 22.5 Å². The molecule has 3 N–H and O–H groups in total. The van der Waals surface area contributed by atoms with Crippen LogP contribution in [0.25, 0.3) is 11.1 Å². The number of aliphatic hydroxyl groups is 1. The molecule has 174 valence electrons. The number of aryl methyl sites for hydroxylation is 1. The molecule has 0 aliphatic carbocycles. The highest BCUT2D eigenvalue weighted by Gasteiger charge is 2.24. The minimum Gasteiger partial charge on any atom is -0.394 e. The Balaban J connectivity index is 2.07. The van der Waals surface area contributed by atoms with E-state index in [4.69, 9.17) is 0 Å². The molecule has 0 bridgehead atoms. The Labute approximate surface area is 190 Å². The van der Waals surface area contributed by atoms with E-state index >= 15 is 0 Å². The molecule has 0 radical (unpaired) electrons. The molecule has 0 aliphatic rings. The Morgan fingerprint density at radius 2 is 1.94 bits per heavy atom. The van der Waals surface area contributed by atoms with Crippen molar-refractivity contribution in [1.82, 2.24) is 15.0 Å². The minimum atomic E-state index is -0.714. The largest absolute Gasteiger partial charge is 0.394 e. The van der Waals surface area contributed by atoms with Crippen LogP contribution in [0.1, 0.15) is 40.1 Å². The zero-order valence-electron chi connectivity index (χ0n) is 19.1. The predicted molar refractivity (Wildman–Crippen MR) is 122 cm³/mol. The maximum absolute atomic E-state index is 14.6. The molecule has 0 atom stereocenters. The van der Waals surface area contributed by atoms with Crippen LogP contribution in [0, 0.1) is 12.7 Å². The number of aromatic nitrogens is 2. The van der Waals surface area contributed by atoms with E-state index in [9.17, 15) is 19.1 Å². The first-order valence-electron chi connectivity index (χ1n) is 10.2. The van der Waals surface area contributed by atoms with Crippen LogP contribution < -0.4 is 10.6 Å². The summed E-state index contributed by atoms with van der Waals surface area (Å²) in [5.74, 6) is -1.23. The molecule has 10 heteroatoms. The van der Waals surface area contributed by atoms with Gasteiger partial charge in [0.05, 0.1) is 23.3 Å². The zero-order chi connectivity index (χ0) is 24.3. The van der Waals surface area contributed by atoms with Crippen LogP contribution in [0.3, 0.4) is 0 Å². The fourth-order valence-corrected chi connectivity index (χ4v) is 3.09. The van der Waals surface area contributed by atoms with Crippen LogP contribution in [-0.2, 0) is 0 Å². The van der Waals surface area contributed by atoms with E-state index in [-0.39, 0.29) is 29.5 Å². The Morgan fingerprint density at radius 3 is 2.55 bits per heavy atom. The van der Waals surface area contributed by atoms with E-state index < -0.39 is 17.3 Å². The van der Waals surface area contributed by atoms with Crippen molar-refractivity contribution in [2.24, 2.45) is 0 Å². The summed E-state index contributed by atoms with van der Waals surface area (Å²) in [5.41, 5.74) is 0.995. The van der Waals surface area contributed by atoms with Gasteiger partial charge in [-0.2, -0.15) is 0 Å². The van der Waals surface area contributed by atoms with Crippen molar-refractivity contribution in [3.63, 3.8) is 0 Å². The molecule has 2 amide bonds. The summed E-state index contributed by atoms with van der Waals surface area (Å²) < 4.78 is 19.3. The number of hydrogen-bond donors (Lipinski definition) is 3. The topological polar surface area (TPSA) is 121 Å². The molecule has 0 saturated heterocycles. The standard InChI is InChI=1S/C23H26FN5O4/c1-13-8-18(24)16(21(31)26-19-6-7-33-28-19)10-15(13)14-9-17(22(32)29(4)5)20(25-11-14)27-23(2,3)12-30/h6-11,30H,12H2,1-5H3,(H,25,27)(H,26,28,31). The van der Waals surface area contributed by atoms with Gasteiger partial charge in [-0.3, -0.25) is 9.59 Å². The van der Waals surface area contributed by atoms with E-state index in [1.807, 2.05) is 0 Å². The quantitative estimate of drug-likeness (QED) is 0.500. The number of aliphatic hydroxyl groups excluding tert-OH is 1. The molecule has 9 nitrogen and oxygen atoms in total. The number of hydrogen-bond acceptors (Lipinski definition) is 7. The second kappa shape index (κ2) is 9.37. The van der Waals surface area contributed by atoms with Crippen LogP contribution in [0.4, 0.5) is 16.0 Å². The molecule has 1 aromatic carbocycles. The van der Waals surface area contributed by atoms with Crippen molar-refractivity contribution in [2.75, 3.05) is 31.3 Å². The monoisotopic (exact) mass is 455 g/mol. The number of rotatable bonds is 7. The van der Waals surface area contributed by atoms with Gasteiger partial charge in [0, 0.05) is 31.9 Å². The van der Waals surface area contributed by atoms with Crippen LogP contribution in [0.2, 0.25) is 0 Å². The fourth-order valence-electron chi connectivity index (χ4n) is 3.09. The highest BCUT2D eigenvalue weighted by atomic mass is 19.1. The number of carbonyl (C=O) groups is 2. The SMILES string of the molecule is Cc1cc(F)c(C(=O)Nc2ccon2)cc1-c1cnc(NC(C)(C)CO)c(C(=O)N(C)C)c1. The molecule has 3 aromatic rings. The smallest absolute Gasteiger partial charge is 0.259 e. The number of amides is 2. The summed E-state index contributed by atoms with van der Waals surface area (Å²) in [6, 6.07) is 5.73. The Hall–Kier alpha value is -3.79. The number of anilines is 2. The third-order valence-electron chi connectivity index (χ3n) is 4.93. The maximum atomic E-state index is 14.6. The lowest BCUT2D eigenvalue weighted by Gasteiger charge is -2.26. The van der Waals surface area contributed by atoms with Crippen molar-refractivity contribution in [3.8, 4) is 11.1 Å². The van der Waals surface area contributed by atoms with Crippen LogP contribution in [0.15, 0.2) is 41.2 Å². The lowest BCUT2D eigenvalue weighted by molar-refractivity contribution is 0.0827. The van der Waals surface area contributed by atoms with Crippen LogP contribution in [-0.4, -0.2) is 58.2 Å². The average molecular weight is 455 g/mol. The maximum Gasteiger partial charge on any atom is 0.259 e.